The molecule has 4 aromatic rings. The van der Waals surface area contributed by atoms with Gasteiger partial charge in [0.25, 0.3) is 0 Å². The predicted molar refractivity (Wildman–Crippen MR) is 150 cm³/mol. The largest absolute Gasteiger partial charge is 0.492 e. The first kappa shape index (κ1) is 25.3. The number of halogens is 1. The van der Waals surface area contributed by atoms with Gasteiger partial charge in [-0.1, -0.05) is 6.07 Å². The standard InChI is InChI=1S/C28H33N7O.ClH/c1-21-6-5-16-34(21)27-8-4-7-26(31-27)30-25-20-24(32-35-17-13-29-28(25)35)22-9-11-23(12-10-22)36-19-18-33-14-2-3-15-33;/h4,7-13,17,20-21H,2-3,5-6,14-16,18-19H2,1H3,(H,30,31);1H. The summed E-state index contributed by atoms with van der Waals surface area (Å²) in [6, 6.07) is 16.9. The molecule has 2 fully saturated rings. The Hall–Kier alpha value is -3.36. The Morgan fingerprint density at radius 2 is 1.86 bits per heavy atom. The van der Waals surface area contributed by atoms with E-state index in [-0.39, 0.29) is 12.4 Å². The van der Waals surface area contributed by atoms with Gasteiger partial charge in [0, 0.05) is 37.1 Å². The summed E-state index contributed by atoms with van der Waals surface area (Å²) in [7, 11) is 0. The lowest BCUT2D eigenvalue weighted by molar-refractivity contribution is 0.238. The van der Waals surface area contributed by atoms with E-state index < -0.39 is 0 Å². The number of rotatable bonds is 8. The minimum Gasteiger partial charge on any atom is -0.492 e. The SMILES string of the molecule is CC1CCCN1c1cccc(Nc2cc(-c3ccc(OCCN4CCCC4)cc3)nn3ccnc23)n1.Cl. The van der Waals surface area contributed by atoms with Crippen molar-refractivity contribution in [3.8, 4) is 17.0 Å². The second kappa shape index (κ2) is 11.4. The molecule has 1 unspecified atom stereocenters. The van der Waals surface area contributed by atoms with Gasteiger partial charge in [-0.3, -0.25) is 4.90 Å². The normalized spacial score (nSPS) is 17.8. The number of hydrogen-bond acceptors (Lipinski definition) is 7. The molecule has 194 valence electrons. The molecule has 2 aliphatic heterocycles. The van der Waals surface area contributed by atoms with Crippen LogP contribution in [0.4, 0.5) is 17.3 Å². The van der Waals surface area contributed by atoms with Crippen molar-refractivity contribution in [1.82, 2.24) is 24.5 Å². The zero-order chi connectivity index (χ0) is 24.3. The van der Waals surface area contributed by atoms with E-state index in [9.17, 15) is 0 Å². The van der Waals surface area contributed by atoms with Gasteiger partial charge in [0.2, 0.25) is 0 Å². The zero-order valence-electron chi connectivity index (χ0n) is 21.2. The van der Waals surface area contributed by atoms with E-state index in [2.05, 4.69) is 51.3 Å². The van der Waals surface area contributed by atoms with Gasteiger partial charge >= 0.3 is 0 Å². The molecule has 6 rings (SSSR count). The molecule has 0 radical (unpaired) electrons. The number of nitrogens with zero attached hydrogens (tertiary/aromatic N) is 6. The molecule has 1 aromatic carbocycles. The third-order valence-electron chi connectivity index (χ3n) is 7.23. The summed E-state index contributed by atoms with van der Waals surface area (Å²) < 4.78 is 7.79. The molecular weight excluding hydrogens is 486 g/mol. The van der Waals surface area contributed by atoms with Crippen LogP contribution in [0.15, 0.2) is 60.9 Å². The number of nitrogens with one attached hydrogen (secondary N) is 1. The van der Waals surface area contributed by atoms with Crippen LogP contribution in [0.5, 0.6) is 5.75 Å². The van der Waals surface area contributed by atoms with Gasteiger partial charge < -0.3 is 15.0 Å². The first-order chi connectivity index (χ1) is 17.7. The fraction of sp³-hybridized carbons (Fsp3) is 0.393. The third-order valence-corrected chi connectivity index (χ3v) is 7.23. The number of imidazole rings is 1. The Balaban J connectivity index is 0.00000280. The van der Waals surface area contributed by atoms with Crippen LogP contribution < -0.4 is 15.0 Å². The van der Waals surface area contributed by atoms with Crippen LogP contribution in [0.2, 0.25) is 0 Å². The molecule has 1 atom stereocenters. The number of benzene rings is 1. The lowest BCUT2D eigenvalue weighted by Crippen LogP contribution is -2.27. The minimum atomic E-state index is 0. The van der Waals surface area contributed by atoms with E-state index >= 15 is 0 Å². The van der Waals surface area contributed by atoms with Crippen molar-refractivity contribution in [2.45, 2.75) is 38.6 Å². The number of hydrogen-bond donors (Lipinski definition) is 1. The van der Waals surface area contributed by atoms with Gasteiger partial charge in [-0.25, -0.2) is 14.5 Å². The number of aromatic nitrogens is 4. The molecule has 8 nitrogen and oxygen atoms in total. The van der Waals surface area contributed by atoms with Crippen molar-refractivity contribution in [2.24, 2.45) is 0 Å². The van der Waals surface area contributed by atoms with Crippen LogP contribution in [0.25, 0.3) is 16.9 Å². The molecule has 0 aliphatic carbocycles. The monoisotopic (exact) mass is 519 g/mol. The highest BCUT2D eigenvalue weighted by Gasteiger charge is 2.21. The zero-order valence-corrected chi connectivity index (χ0v) is 22.0. The first-order valence-electron chi connectivity index (χ1n) is 13.0. The Morgan fingerprint density at radius 1 is 1.03 bits per heavy atom. The molecule has 37 heavy (non-hydrogen) atoms. The van der Waals surface area contributed by atoms with E-state index in [0.717, 1.165) is 59.7 Å². The highest BCUT2D eigenvalue weighted by Crippen LogP contribution is 2.29. The Morgan fingerprint density at radius 3 is 2.65 bits per heavy atom. The minimum absolute atomic E-state index is 0. The predicted octanol–water partition coefficient (Wildman–Crippen LogP) is 5.42. The molecule has 0 bridgehead atoms. The van der Waals surface area contributed by atoms with Gasteiger partial charge in [-0.05, 0) is 88.2 Å². The molecule has 0 saturated carbocycles. The highest BCUT2D eigenvalue weighted by atomic mass is 35.5. The number of likely N-dealkylation sites (tertiary alicyclic amines) is 1. The van der Waals surface area contributed by atoms with Crippen molar-refractivity contribution in [3.63, 3.8) is 0 Å². The van der Waals surface area contributed by atoms with Crippen LogP contribution >= 0.6 is 12.4 Å². The number of fused-ring (bicyclic) bond motifs is 1. The number of anilines is 3. The molecule has 3 aromatic heterocycles. The second-order valence-corrected chi connectivity index (χ2v) is 9.75. The lowest BCUT2D eigenvalue weighted by atomic mass is 10.1. The molecular formula is C28H34ClN7O. The average molecular weight is 520 g/mol. The average Bonchev–Trinajstić information content (AvgIpc) is 3.67. The van der Waals surface area contributed by atoms with E-state index in [1.54, 1.807) is 6.20 Å². The molecule has 5 heterocycles. The maximum Gasteiger partial charge on any atom is 0.177 e. The topological polar surface area (TPSA) is 70.8 Å². The van der Waals surface area contributed by atoms with E-state index in [0.29, 0.717) is 6.04 Å². The van der Waals surface area contributed by atoms with Gasteiger partial charge in [0.15, 0.2) is 5.65 Å². The quantitative estimate of drug-likeness (QED) is 0.333. The lowest BCUT2D eigenvalue weighted by Gasteiger charge is -2.23. The summed E-state index contributed by atoms with van der Waals surface area (Å²) in [5.74, 6) is 2.70. The van der Waals surface area contributed by atoms with Gasteiger partial charge in [-0.15, -0.1) is 12.4 Å². The molecule has 1 N–H and O–H groups in total. The maximum atomic E-state index is 5.98. The summed E-state index contributed by atoms with van der Waals surface area (Å²) in [6.45, 7) is 7.41. The van der Waals surface area contributed by atoms with Crippen LogP contribution in [-0.4, -0.2) is 63.3 Å². The first-order valence-corrected chi connectivity index (χ1v) is 13.0. The Labute approximate surface area is 224 Å². The summed E-state index contributed by atoms with van der Waals surface area (Å²) in [5.41, 5.74) is 3.52. The molecule has 2 saturated heterocycles. The van der Waals surface area contributed by atoms with E-state index in [1.165, 1.54) is 38.8 Å². The fourth-order valence-corrected chi connectivity index (χ4v) is 5.23. The van der Waals surface area contributed by atoms with Crippen molar-refractivity contribution >= 4 is 35.4 Å². The van der Waals surface area contributed by atoms with Crippen LogP contribution in [0, 0.1) is 0 Å². The Bertz CT molecular complexity index is 1320. The van der Waals surface area contributed by atoms with Crippen molar-refractivity contribution < 1.29 is 4.74 Å². The summed E-state index contributed by atoms with van der Waals surface area (Å²) in [6.07, 6.45) is 8.67. The summed E-state index contributed by atoms with van der Waals surface area (Å²) in [4.78, 5) is 14.3. The number of ether oxygens (including phenoxy) is 1. The second-order valence-electron chi connectivity index (χ2n) is 9.75. The van der Waals surface area contributed by atoms with Gasteiger partial charge in [0.1, 0.15) is 24.0 Å². The number of pyridine rings is 1. The molecule has 9 heteroatoms. The van der Waals surface area contributed by atoms with Gasteiger partial charge in [0.05, 0.1) is 11.4 Å². The maximum absolute atomic E-state index is 5.98. The highest BCUT2D eigenvalue weighted by molar-refractivity contribution is 5.85. The fourth-order valence-electron chi connectivity index (χ4n) is 5.23. The van der Waals surface area contributed by atoms with Crippen LogP contribution in [0.1, 0.15) is 32.6 Å². The van der Waals surface area contributed by atoms with Crippen molar-refractivity contribution in [3.05, 3.63) is 60.9 Å². The molecule has 0 amide bonds. The molecule has 0 spiro atoms. The Kier molecular flexibility index (Phi) is 7.76. The molecule has 2 aliphatic rings. The van der Waals surface area contributed by atoms with E-state index in [4.69, 9.17) is 14.8 Å². The van der Waals surface area contributed by atoms with Crippen LogP contribution in [-0.2, 0) is 0 Å². The van der Waals surface area contributed by atoms with E-state index in [1.807, 2.05) is 35.0 Å². The van der Waals surface area contributed by atoms with Crippen LogP contribution in [0.3, 0.4) is 0 Å². The summed E-state index contributed by atoms with van der Waals surface area (Å²) in [5, 5.41) is 8.28. The summed E-state index contributed by atoms with van der Waals surface area (Å²) >= 11 is 0. The third kappa shape index (κ3) is 5.65. The van der Waals surface area contributed by atoms with Gasteiger partial charge in [-0.2, -0.15) is 5.10 Å². The van der Waals surface area contributed by atoms with Crippen molar-refractivity contribution in [1.29, 1.82) is 0 Å². The van der Waals surface area contributed by atoms with Crippen molar-refractivity contribution in [2.75, 3.05) is 43.0 Å². The smallest absolute Gasteiger partial charge is 0.177 e.